The predicted molar refractivity (Wildman–Crippen MR) is 78.6 cm³/mol. The molecule has 1 fully saturated rings. The molecule has 1 aliphatic rings. The Kier molecular flexibility index (Phi) is 4.45. The Balaban J connectivity index is 2.34. The van der Waals surface area contributed by atoms with Crippen LogP contribution in [0.4, 0.5) is 0 Å². The van der Waals surface area contributed by atoms with Crippen LogP contribution >= 0.6 is 0 Å². The summed E-state index contributed by atoms with van der Waals surface area (Å²) in [4.78, 5) is 0. The van der Waals surface area contributed by atoms with E-state index in [1.165, 1.54) is 37.7 Å². The maximum absolute atomic E-state index is 6.21. The molecule has 1 saturated carbocycles. The van der Waals surface area contributed by atoms with Gasteiger partial charge < -0.3 is 5.73 Å². The molecule has 1 aromatic rings. The third-order valence-electron chi connectivity index (χ3n) is 4.74. The van der Waals surface area contributed by atoms with Crippen LogP contribution in [0.15, 0.2) is 30.3 Å². The lowest BCUT2D eigenvalue weighted by atomic mass is 9.60. The number of benzene rings is 1. The molecule has 0 aliphatic heterocycles. The first-order valence-electron chi connectivity index (χ1n) is 7.44. The minimum atomic E-state index is 0.341. The molecule has 2 rings (SSSR count). The molecule has 100 valence electrons. The molecule has 2 N–H and O–H groups in total. The van der Waals surface area contributed by atoms with Gasteiger partial charge in [-0.05, 0) is 42.2 Å². The Morgan fingerprint density at radius 2 is 1.67 bits per heavy atom. The number of rotatable bonds is 4. The summed E-state index contributed by atoms with van der Waals surface area (Å²) >= 11 is 0. The lowest BCUT2D eigenvalue weighted by Crippen LogP contribution is -2.40. The second-order valence-corrected chi connectivity index (χ2v) is 6.26. The fourth-order valence-corrected chi connectivity index (χ4v) is 4.00. The van der Waals surface area contributed by atoms with E-state index in [0.29, 0.717) is 17.3 Å². The highest BCUT2D eigenvalue weighted by atomic mass is 14.6. The number of hydrogen-bond acceptors (Lipinski definition) is 1. The van der Waals surface area contributed by atoms with E-state index in [0.717, 1.165) is 6.54 Å². The maximum Gasteiger partial charge on any atom is -0.00146 e. The zero-order chi connectivity index (χ0) is 13.0. The van der Waals surface area contributed by atoms with Gasteiger partial charge in [-0.1, -0.05) is 63.4 Å². The van der Waals surface area contributed by atoms with Gasteiger partial charge in [0.05, 0.1) is 0 Å². The van der Waals surface area contributed by atoms with E-state index in [1.54, 1.807) is 0 Å². The van der Waals surface area contributed by atoms with Crippen LogP contribution in [-0.4, -0.2) is 6.54 Å². The summed E-state index contributed by atoms with van der Waals surface area (Å²) in [6.07, 6.45) is 6.71. The van der Waals surface area contributed by atoms with Gasteiger partial charge in [0.15, 0.2) is 0 Å². The molecule has 1 atom stereocenters. The average molecular weight is 245 g/mol. The van der Waals surface area contributed by atoms with Gasteiger partial charge in [-0.2, -0.15) is 0 Å². The SMILES string of the molecule is CC(C)C(c1ccccc1)C1(CN)CCCCC1. The summed E-state index contributed by atoms with van der Waals surface area (Å²) in [7, 11) is 0. The Labute approximate surface area is 112 Å². The highest BCUT2D eigenvalue weighted by Gasteiger charge is 2.40. The van der Waals surface area contributed by atoms with Crippen molar-refractivity contribution in [3.05, 3.63) is 35.9 Å². The fourth-order valence-electron chi connectivity index (χ4n) is 4.00. The molecule has 0 radical (unpaired) electrons. The van der Waals surface area contributed by atoms with Gasteiger partial charge in [-0.15, -0.1) is 0 Å². The van der Waals surface area contributed by atoms with Gasteiger partial charge >= 0.3 is 0 Å². The third kappa shape index (κ3) is 2.61. The first-order valence-corrected chi connectivity index (χ1v) is 7.44. The minimum absolute atomic E-state index is 0.341. The fraction of sp³-hybridized carbons (Fsp3) is 0.647. The minimum Gasteiger partial charge on any atom is -0.330 e. The van der Waals surface area contributed by atoms with Crippen molar-refractivity contribution in [2.75, 3.05) is 6.54 Å². The molecule has 0 heterocycles. The predicted octanol–water partition coefficient (Wildman–Crippen LogP) is 4.34. The van der Waals surface area contributed by atoms with Crippen LogP contribution in [0, 0.1) is 11.3 Å². The lowest BCUT2D eigenvalue weighted by molar-refractivity contribution is 0.123. The highest BCUT2D eigenvalue weighted by Crippen LogP contribution is 2.49. The monoisotopic (exact) mass is 245 g/mol. The molecular weight excluding hydrogens is 218 g/mol. The van der Waals surface area contributed by atoms with E-state index in [-0.39, 0.29) is 0 Å². The lowest BCUT2D eigenvalue weighted by Gasteiger charge is -2.45. The summed E-state index contributed by atoms with van der Waals surface area (Å²) in [6, 6.07) is 11.0. The van der Waals surface area contributed by atoms with Crippen LogP contribution < -0.4 is 5.73 Å². The highest BCUT2D eigenvalue weighted by molar-refractivity contribution is 5.23. The summed E-state index contributed by atoms with van der Waals surface area (Å²) in [5.74, 6) is 1.28. The molecule has 18 heavy (non-hydrogen) atoms. The normalized spacial score (nSPS) is 20.9. The van der Waals surface area contributed by atoms with Crippen LogP contribution in [0.1, 0.15) is 57.4 Å². The summed E-state index contributed by atoms with van der Waals surface area (Å²) in [5.41, 5.74) is 8.04. The van der Waals surface area contributed by atoms with E-state index in [4.69, 9.17) is 5.73 Å². The van der Waals surface area contributed by atoms with Crippen LogP contribution in [0.25, 0.3) is 0 Å². The second kappa shape index (κ2) is 5.88. The van der Waals surface area contributed by atoms with Crippen LogP contribution in [0.5, 0.6) is 0 Å². The van der Waals surface area contributed by atoms with Crippen molar-refractivity contribution < 1.29 is 0 Å². The smallest absolute Gasteiger partial charge is 0.00146 e. The largest absolute Gasteiger partial charge is 0.330 e. The molecule has 0 spiro atoms. The molecule has 1 aliphatic carbocycles. The van der Waals surface area contributed by atoms with Gasteiger partial charge in [-0.3, -0.25) is 0 Å². The molecule has 0 bridgehead atoms. The Morgan fingerprint density at radius 3 is 2.17 bits per heavy atom. The topological polar surface area (TPSA) is 26.0 Å². The van der Waals surface area contributed by atoms with Gasteiger partial charge in [0.1, 0.15) is 0 Å². The van der Waals surface area contributed by atoms with Gasteiger partial charge in [-0.25, -0.2) is 0 Å². The van der Waals surface area contributed by atoms with E-state index < -0.39 is 0 Å². The Hall–Kier alpha value is -0.820. The molecular formula is C17H27N. The molecule has 1 heteroatoms. The van der Waals surface area contributed by atoms with E-state index >= 15 is 0 Å². The zero-order valence-corrected chi connectivity index (χ0v) is 11.9. The summed E-state index contributed by atoms with van der Waals surface area (Å²) in [6.45, 7) is 5.54. The van der Waals surface area contributed by atoms with Crippen molar-refractivity contribution in [3.63, 3.8) is 0 Å². The van der Waals surface area contributed by atoms with Crippen molar-refractivity contribution in [1.29, 1.82) is 0 Å². The van der Waals surface area contributed by atoms with Gasteiger partial charge in [0.2, 0.25) is 0 Å². The maximum atomic E-state index is 6.21. The molecule has 1 aromatic carbocycles. The average Bonchev–Trinajstić information content (AvgIpc) is 2.41. The van der Waals surface area contributed by atoms with Crippen molar-refractivity contribution >= 4 is 0 Å². The van der Waals surface area contributed by atoms with Crippen LogP contribution in [-0.2, 0) is 0 Å². The Bertz CT molecular complexity index is 349. The first kappa shape index (κ1) is 13.6. The number of hydrogen-bond donors (Lipinski definition) is 1. The van der Waals surface area contributed by atoms with Gasteiger partial charge in [0.25, 0.3) is 0 Å². The molecule has 0 saturated heterocycles. The van der Waals surface area contributed by atoms with E-state index in [9.17, 15) is 0 Å². The standard InChI is InChI=1S/C17H27N/c1-14(2)16(15-9-5-3-6-10-15)17(13-18)11-7-4-8-12-17/h3,5-6,9-10,14,16H,4,7-8,11-13,18H2,1-2H3. The quantitative estimate of drug-likeness (QED) is 0.839. The number of nitrogens with two attached hydrogens (primary N) is 1. The van der Waals surface area contributed by atoms with Gasteiger partial charge in [0, 0.05) is 0 Å². The van der Waals surface area contributed by atoms with Crippen molar-refractivity contribution in [2.45, 2.75) is 51.9 Å². The van der Waals surface area contributed by atoms with E-state index in [2.05, 4.69) is 44.2 Å². The second-order valence-electron chi connectivity index (χ2n) is 6.26. The molecule has 1 unspecified atom stereocenters. The van der Waals surface area contributed by atoms with Crippen molar-refractivity contribution in [3.8, 4) is 0 Å². The third-order valence-corrected chi connectivity index (χ3v) is 4.74. The first-order chi connectivity index (χ1) is 8.69. The molecule has 0 amide bonds. The summed E-state index contributed by atoms with van der Waals surface area (Å²) in [5, 5.41) is 0. The summed E-state index contributed by atoms with van der Waals surface area (Å²) < 4.78 is 0. The molecule has 0 aromatic heterocycles. The van der Waals surface area contributed by atoms with Crippen molar-refractivity contribution in [2.24, 2.45) is 17.1 Å². The molecule has 1 nitrogen and oxygen atoms in total. The Morgan fingerprint density at radius 1 is 1.06 bits per heavy atom. The van der Waals surface area contributed by atoms with E-state index in [1.807, 2.05) is 0 Å². The van der Waals surface area contributed by atoms with Crippen LogP contribution in [0.2, 0.25) is 0 Å². The van der Waals surface area contributed by atoms with Crippen LogP contribution in [0.3, 0.4) is 0 Å². The zero-order valence-electron chi connectivity index (χ0n) is 11.9. The van der Waals surface area contributed by atoms with Crippen molar-refractivity contribution in [1.82, 2.24) is 0 Å².